The number of halogens is 3. The molecule has 0 radical (unpaired) electrons. The molecule has 2 aromatic carbocycles. The quantitative estimate of drug-likeness (QED) is 0.387. The highest BCUT2D eigenvalue weighted by molar-refractivity contribution is 6.06. The van der Waals surface area contributed by atoms with E-state index < -0.39 is 45.0 Å². The maximum Gasteiger partial charge on any atom is 0.457 e. The molecular formula is C18H14F3N5O6. The van der Waals surface area contributed by atoms with Crippen LogP contribution in [0.2, 0.25) is 0 Å². The number of alkyl halides is 3. The zero-order valence-electron chi connectivity index (χ0n) is 16.2. The maximum absolute atomic E-state index is 12.9. The van der Waals surface area contributed by atoms with Crippen molar-refractivity contribution in [3.05, 3.63) is 73.3 Å². The predicted molar refractivity (Wildman–Crippen MR) is 103 cm³/mol. The van der Waals surface area contributed by atoms with Crippen LogP contribution in [0.3, 0.4) is 0 Å². The first-order valence-corrected chi connectivity index (χ1v) is 8.82. The van der Waals surface area contributed by atoms with E-state index in [1.807, 2.05) is 0 Å². The van der Waals surface area contributed by atoms with Crippen molar-refractivity contribution < 1.29 is 32.5 Å². The fourth-order valence-corrected chi connectivity index (χ4v) is 3.18. The van der Waals surface area contributed by atoms with E-state index in [-0.39, 0.29) is 17.7 Å². The normalized spacial score (nSPS) is 16.5. The van der Waals surface area contributed by atoms with Crippen molar-refractivity contribution in [1.29, 1.82) is 0 Å². The van der Waals surface area contributed by atoms with Gasteiger partial charge in [0, 0.05) is 30.2 Å². The monoisotopic (exact) mass is 453 g/mol. The number of hydrogen-bond acceptors (Lipinski definition) is 8. The number of nitro groups is 2. The SMILES string of the molecule is COc1ccc2c(c1)[C@@H](NC(F)(F)F)C/C2=N\NC(=O)c1cc([N+](=O)[O-])cc([N+](=O)[O-])c1. The van der Waals surface area contributed by atoms with Crippen molar-refractivity contribution >= 4 is 23.0 Å². The Labute approximate surface area is 177 Å². The Kier molecular flexibility index (Phi) is 6.06. The summed E-state index contributed by atoms with van der Waals surface area (Å²) in [6.07, 6.45) is -4.90. The van der Waals surface area contributed by atoms with Gasteiger partial charge in [0.15, 0.2) is 0 Å². The lowest BCUT2D eigenvalue weighted by Crippen LogP contribution is -2.34. The number of rotatable bonds is 6. The number of carbonyl (C=O) groups excluding carboxylic acids is 1. The summed E-state index contributed by atoms with van der Waals surface area (Å²) in [4.78, 5) is 32.5. The summed E-state index contributed by atoms with van der Waals surface area (Å²) in [6, 6.07) is 5.55. The minimum atomic E-state index is -4.67. The molecule has 168 valence electrons. The first-order valence-electron chi connectivity index (χ1n) is 8.82. The van der Waals surface area contributed by atoms with E-state index in [2.05, 4.69) is 10.5 Å². The number of benzene rings is 2. The second-order valence-corrected chi connectivity index (χ2v) is 6.60. The van der Waals surface area contributed by atoms with Crippen molar-refractivity contribution in [2.75, 3.05) is 7.11 Å². The fourth-order valence-electron chi connectivity index (χ4n) is 3.18. The molecule has 0 unspecified atom stereocenters. The number of hydrazone groups is 1. The maximum atomic E-state index is 12.9. The highest BCUT2D eigenvalue weighted by Gasteiger charge is 2.37. The molecule has 0 saturated heterocycles. The van der Waals surface area contributed by atoms with Crippen LogP contribution in [0.4, 0.5) is 24.5 Å². The summed E-state index contributed by atoms with van der Waals surface area (Å²) < 4.78 is 43.7. The fraction of sp³-hybridized carbons (Fsp3) is 0.222. The van der Waals surface area contributed by atoms with Gasteiger partial charge >= 0.3 is 6.30 Å². The highest BCUT2D eigenvalue weighted by atomic mass is 19.4. The number of nitrogens with one attached hydrogen (secondary N) is 2. The molecule has 32 heavy (non-hydrogen) atoms. The zero-order chi connectivity index (χ0) is 23.6. The van der Waals surface area contributed by atoms with E-state index in [0.717, 1.165) is 12.1 Å². The number of hydrogen-bond donors (Lipinski definition) is 2. The molecule has 1 amide bonds. The minimum absolute atomic E-state index is 0.109. The summed E-state index contributed by atoms with van der Waals surface area (Å²) >= 11 is 0. The standard InChI is InChI=1S/C18H14F3N5O6/c1-32-12-2-3-13-14(7-12)15(22-18(19,20)21)8-16(13)23-24-17(27)9-4-10(25(28)29)6-11(5-9)26(30)31/h2-7,15,22H,8H2,1H3,(H,24,27)/b23-16+/t15-/m0/s1. The minimum Gasteiger partial charge on any atom is -0.497 e. The second-order valence-electron chi connectivity index (χ2n) is 6.60. The molecule has 1 atom stereocenters. The van der Waals surface area contributed by atoms with E-state index in [9.17, 15) is 38.2 Å². The van der Waals surface area contributed by atoms with Crippen molar-refractivity contribution in [3.63, 3.8) is 0 Å². The summed E-state index contributed by atoms with van der Waals surface area (Å²) in [5, 5.41) is 27.3. The lowest BCUT2D eigenvalue weighted by Gasteiger charge is -2.16. The van der Waals surface area contributed by atoms with E-state index in [1.165, 1.54) is 30.6 Å². The number of carbonyl (C=O) groups is 1. The molecule has 11 nitrogen and oxygen atoms in total. The van der Waals surface area contributed by atoms with Crippen LogP contribution >= 0.6 is 0 Å². The molecule has 0 bridgehead atoms. The largest absolute Gasteiger partial charge is 0.497 e. The third kappa shape index (κ3) is 4.97. The van der Waals surface area contributed by atoms with Gasteiger partial charge < -0.3 is 4.74 Å². The summed E-state index contributed by atoms with van der Waals surface area (Å²) in [6.45, 7) is 0. The summed E-state index contributed by atoms with van der Waals surface area (Å²) in [5.74, 6) is -0.682. The highest BCUT2D eigenvalue weighted by Crippen LogP contribution is 2.36. The van der Waals surface area contributed by atoms with Gasteiger partial charge in [-0.05, 0) is 23.8 Å². The molecule has 3 rings (SSSR count). The smallest absolute Gasteiger partial charge is 0.457 e. The summed E-state index contributed by atoms with van der Waals surface area (Å²) in [7, 11) is 1.36. The van der Waals surface area contributed by atoms with Gasteiger partial charge in [-0.2, -0.15) is 18.3 Å². The lowest BCUT2D eigenvalue weighted by atomic mass is 10.1. The third-order valence-electron chi connectivity index (χ3n) is 4.56. The van der Waals surface area contributed by atoms with Crippen LogP contribution in [0, 0.1) is 20.2 Å². The second kappa shape index (κ2) is 8.58. The average Bonchev–Trinajstić information content (AvgIpc) is 3.06. The molecule has 14 heteroatoms. The van der Waals surface area contributed by atoms with E-state index >= 15 is 0 Å². The van der Waals surface area contributed by atoms with E-state index in [0.29, 0.717) is 17.4 Å². The van der Waals surface area contributed by atoms with Gasteiger partial charge in [0.05, 0.1) is 34.3 Å². The molecule has 0 aliphatic heterocycles. The number of methoxy groups -OCH3 is 1. The van der Waals surface area contributed by atoms with Crippen LogP contribution in [0.15, 0.2) is 41.5 Å². The van der Waals surface area contributed by atoms with Crippen LogP contribution in [-0.4, -0.2) is 34.9 Å². The number of non-ortho nitro benzene ring substituents is 2. The third-order valence-corrected chi connectivity index (χ3v) is 4.56. The van der Waals surface area contributed by atoms with Crippen molar-refractivity contribution in [1.82, 2.24) is 10.7 Å². The zero-order valence-corrected chi connectivity index (χ0v) is 16.2. The molecule has 0 fully saturated rings. The first-order chi connectivity index (χ1) is 15.0. The van der Waals surface area contributed by atoms with Crippen LogP contribution < -0.4 is 15.5 Å². The van der Waals surface area contributed by atoms with Crippen molar-refractivity contribution in [3.8, 4) is 5.75 Å². The Hall–Kier alpha value is -4.07. The molecule has 0 saturated carbocycles. The molecule has 0 heterocycles. The van der Waals surface area contributed by atoms with Crippen LogP contribution in [0.25, 0.3) is 0 Å². The molecular weight excluding hydrogens is 439 g/mol. The number of nitrogens with zero attached hydrogens (tertiary/aromatic N) is 3. The Morgan fingerprint density at radius 1 is 1.12 bits per heavy atom. The predicted octanol–water partition coefficient (Wildman–Crippen LogP) is 3.20. The van der Waals surface area contributed by atoms with Crippen LogP contribution in [0.1, 0.15) is 33.9 Å². The number of fused-ring (bicyclic) bond motifs is 1. The summed E-state index contributed by atoms with van der Waals surface area (Å²) in [5.41, 5.74) is 1.02. The number of ether oxygens (including phenoxy) is 1. The van der Waals surface area contributed by atoms with Gasteiger partial charge in [0.1, 0.15) is 5.75 Å². The van der Waals surface area contributed by atoms with Gasteiger partial charge in [-0.25, -0.2) is 10.7 Å². The van der Waals surface area contributed by atoms with Gasteiger partial charge in [0.2, 0.25) is 0 Å². The Balaban J connectivity index is 1.90. The van der Waals surface area contributed by atoms with Gasteiger partial charge in [-0.15, -0.1) is 0 Å². The van der Waals surface area contributed by atoms with Crippen LogP contribution in [-0.2, 0) is 0 Å². The lowest BCUT2D eigenvalue weighted by molar-refractivity contribution is -0.394. The molecule has 2 aromatic rings. The van der Waals surface area contributed by atoms with Crippen molar-refractivity contribution in [2.24, 2.45) is 5.10 Å². The number of amides is 1. The van der Waals surface area contributed by atoms with E-state index in [4.69, 9.17) is 4.74 Å². The Morgan fingerprint density at radius 3 is 2.28 bits per heavy atom. The molecule has 1 aliphatic carbocycles. The first kappa shape index (κ1) is 22.6. The number of nitro benzene ring substituents is 2. The van der Waals surface area contributed by atoms with Crippen molar-refractivity contribution in [2.45, 2.75) is 18.8 Å². The molecule has 2 N–H and O–H groups in total. The van der Waals surface area contributed by atoms with Crippen LogP contribution in [0.5, 0.6) is 5.75 Å². The van der Waals surface area contributed by atoms with Gasteiger partial charge in [-0.1, -0.05) is 0 Å². The molecule has 1 aliphatic rings. The average molecular weight is 453 g/mol. The molecule has 0 aromatic heterocycles. The Bertz CT molecular complexity index is 1100. The Morgan fingerprint density at radius 2 is 1.75 bits per heavy atom. The molecule has 0 spiro atoms. The van der Waals surface area contributed by atoms with Gasteiger partial charge in [-0.3, -0.25) is 25.0 Å². The van der Waals surface area contributed by atoms with E-state index in [1.54, 1.807) is 0 Å². The van der Waals surface area contributed by atoms with Gasteiger partial charge in [0.25, 0.3) is 17.3 Å². The topological polar surface area (TPSA) is 149 Å².